The van der Waals surface area contributed by atoms with Crippen molar-refractivity contribution in [3.8, 4) is 0 Å². The molecule has 0 spiro atoms. The maximum Gasteiger partial charge on any atom is 0.361 e. The number of carbonyl (C=O) groups excluding carboxylic acids is 1. The van der Waals surface area contributed by atoms with Crippen LogP contribution in [0.3, 0.4) is 0 Å². The second-order valence-corrected chi connectivity index (χ2v) is 5.11. The van der Waals surface area contributed by atoms with Crippen molar-refractivity contribution in [1.82, 2.24) is 10.1 Å². The largest absolute Gasteiger partial charge is 0.361 e. The number of nitrogens with zero attached hydrogens (tertiary/aromatic N) is 1. The molecule has 0 saturated carbocycles. The highest BCUT2D eigenvalue weighted by molar-refractivity contribution is 5.76. The second-order valence-electron chi connectivity index (χ2n) is 5.11. The maximum atomic E-state index is 12.8. The highest BCUT2D eigenvalue weighted by Gasteiger charge is 2.20. The van der Waals surface area contributed by atoms with Crippen LogP contribution in [0.15, 0.2) is 33.6 Å². The van der Waals surface area contributed by atoms with Crippen LogP contribution in [-0.2, 0) is 6.54 Å². The van der Waals surface area contributed by atoms with E-state index >= 15 is 0 Å². The van der Waals surface area contributed by atoms with Crippen LogP contribution in [-0.4, -0.2) is 10.8 Å². The van der Waals surface area contributed by atoms with Crippen LogP contribution in [0.25, 0.3) is 0 Å². The first kappa shape index (κ1) is 15.0. The smallest absolute Gasteiger partial charge is 0.331 e. The van der Waals surface area contributed by atoms with Crippen molar-refractivity contribution in [3.63, 3.8) is 0 Å². The van der Waals surface area contributed by atoms with E-state index in [9.17, 15) is 14.0 Å². The third-order valence-corrected chi connectivity index (χ3v) is 3.21. The number of aromatic nitrogens is 1. The number of hydrogen-bond acceptors (Lipinski definition) is 3. The Morgan fingerprint density at radius 2 is 1.95 bits per heavy atom. The molecule has 1 amide bonds. The van der Waals surface area contributed by atoms with E-state index in [0.29, 0.717) is 11.3 Å². The average Bonchev–Trinajstić information content (AvgIpc) is 2.73. The standard InChI is InChI=1S/C15H17FN2O3/c1-9(2)13-10(3)18(21-14(13)19)15(20)17-8-11-4-6-12(16)7-5-11/h4-7,9H,8H2,1-3H3,(H,17,20). The van der Waals surface area contributed by atoms with Gasteiger partial charge in [-0.3, -0.25) is 0 Å². The summed E-state index contributed by atoms with van der Waals surface area (Å²) in [6.07, 6.45) is 0. The molecule has 0 radical (unpaired) electrons. The molecule has 0 atom stereocenters. The Hall–Kier alpha value is -2.37. The van der Waals surface area contributed by atoms with E-state index in [2.05, 4.69) is 5.32 Å². The molecule has 0 aliphatic rings. The zero-order valence-electron chi connectivity index (χ0n) is 12.1. The van der Waals surface area contributed by atoms with Crippen LogP contribution in [0, 0.1) is 12.7 Å². The summed E-state index contributed by atoms with van der Waals surface area (Å²) in [6.45, 7) is 5.61. The molecule has 21 heavy (non-hydrogen) atoms. The summed E-state index contributed by atoms with van der Waals surface area (Å²) in [5.41, 5.74) is 1.24. The first-order valence-electron chi connectivity index (χ1n) is 6.65. The Morgan fingerprint density at radius 1 is 1.33 bits per heavy atom. The Morgan fingerprint density at radius 3 is 2.48 bits per heavy atom. The van der Waals surface area contributed by atoms with Crippen LogP contribution >= 0.6 is 0 Å². The third kappa shape index (κ3) is 3.21. The number of rotatable bonds is 3. The van der Waals surface area contributed by atoms with Gasteiger partial charge in [0.1, 0.15) is 5.82 Å². The van der Waals surface area contributed by atoms with E-state index in [4.69, 9.17) is 4.52 Å². The van der Waals surface area contributed by atoms with E-state index in [1.165, 1.54) is 12.1 Å². The molecule has 0 aliphatic heterocycles. The number of carbonyl (C=O) groups is 1. The summed E-state index contributed by atoms with van der Waals surface area (Å²) >= 11 is 0. The van der Waals surface area contributed by atoms with E-state index < -0.39 is 11.7 Å². The third-order valence-electron chi connectivity index (χ3n) is 3.21. The normalized spacial score (nSPS) is 10.9. The monoisotopic (exact) mass is 292 g/mol. The van der Waals surface area contributed by atoms with Gasteiger partial charge in [-0.25, -0.2) is 14.0 Å². The lowest BCUT2D eigenvalue weighted by molar-refractivity contribution is 0.205. The van der Waals surface area contributed by atoms with Gasteiger partial charge in [0.2, 0.25) is 0 Å². The fourth-order valence-electron chi connectivity index (χ4n) is 2.16. The van der Waals surface area contributed by atoms with E-state index in [0.717, 1.165) is 10.3 Å². The van der Waals surface area contributed by atoms with Crippen LogP contribution in [0.5, 0.6) is 0 Å². The van der Waals surface area contributed by atoms with E-state index in [-0.39, 0.29) is 18.3 Å². The van der Waals surface area contributed by atoms with E-state index in [1.807, 2.05) is 13.8 Å². The fourth-order valence-corrected chi connectivity index (χ4v) is 2.16. The molecule has 2 aromatic rings. The van der Waals surface area contributed by atoms with Crippen molar-refractivity contribution in [2.24, 2.45) is 0 Å². The molecule has 0 unspecified atom stereocenters. The highest BCUT2D eigenvalue weighted by Crippen LogP contribution is 2.15. The van der Waals surface area contributed by atoms with Crippen LogP contribution in [0.4, 0.5) is 9.18 Å². The number of hydrogen-bond donors (Lipinski definition) is 1. The SMILES string of the molecule is Cc1c(C(C)C)c(=O)on1C(=O)NCc1ccc(F)cc1. The second kappa shape index (κ2) is 5.95. The van der Waals surface area contributed by atoms with Crippen molar-refractivity contribution in [3.05, 3.63) is 57.3 Å². The number of halogens is 1. The minimum atomic E-state index is -0.527. The van der Waals surface area contributed by atoms with Gasteiger partial charge in [-0.05, 0) is 30.5 Å². The van der Waals surface area contributed by atoms with Gasteiger partial charge in [0, 0.05) is 6.54 Å². The quantitative estimate of drug-likeness (QED) is 0.946. The van der Waals surface area contributed by atoms with Crippen LogP contribution in [0.1, 0.15) is 36.6 Å². The average molecular weight is 292 g/mol. The number of nitrogens with one attached hydrogen (secondary N) is 1. The van der Waals surface area contributed by atoms with Gasteiger partial charge in [0.05, 0.1) is 11.3 Å². The van der Waals surface area contributed by atoms with Crippen LogP contribution < -0.4 is 10.9 Å². The first-order valence-corrected chi connectivity index (χ1v) is 6.65. The minimum absolute atomic E-state index is 0.0209. The lowest BCUT2D eigenvalue weighted by Crippen LogP contribution is -2.28. The topological polar surface area (TPSA) is 64.2 Å². The van der Waals surface area contributed by atoms with Crippen molar-refractivity contribution in [1.29, 1.82) is 0 Å². The van der Waals surface area contributed by atoms with Gasteiger partial charge in [-0.1, -0.05) is 26.0 Å². The molecule has 5 nitrogen and oxygen atoms in total. The molecule has 0 aliphatic carbocycles. The van der Waals surface area contributed by atoms with Gasteiger partial charge >= 0.3 is 11.7 Å². The summed E-state index contributed by atoms with van der Waals surface area (Å²) in [6, 6.07) is 5.27. The zero-order valence-corrected chi connectivity index (χ0v) is 12.1. The summed E-state index contributed by atoms with van der Waals surface area (Å²) in [5.74, 6) is -0.355. The van der Waals surface area contributed by atoms with Gasteiger partial charge < -0.3 is 9.84 Å². The predicted octanol–water partition coefficient (Wildman–Crippen LogP) is 2.77. The number of benzene rings is 1. The molecule has 1 N–H and O–H groups in total. The molecule has 112 valence electrons. The van der Waals surface area contributed by atoms with Crippen molar-refractivity contribution < 1.29 is 13.7 Å². The first-order chi connectivity index (χ1) is 9.90. The van der Waals surface area contributed by atoms with Gasteiger partial charge in [0.15, 0.2) is 0 Å². The van der Waals surface area contributed by atoms with Gasteiger partial charge in [0.25, 0.3) is 0 Å². The maximum absolute atomic E-state index is 12.8. The highest BCUT2D eigenvalue weighted by atomic mass is 19.1. The summed E-state index contributed by atoms with van der Waals surface area (Å²) in [5, 5.41) is 2.62. The van der Waals surface area contributed by atoms with Crippen molar-refractivity contribution >= 4 is 6.03 Å². The Labute approximate surface area is 121 Å². The molecule has 1 aromatic heterocycles. The molecule has 0 saturated heterocycles. The Bertz CT molecular complexity index is 699. The summed E-state index contributed by atoms with van der Waals surface area (Å²) in [7, 11) is 0. The molecule has 0 fully saturated rings. The molecular weight excluding hydrogens is 275 g/mol. The molecule has 1 aromatic carbocycles. The fraction of sp³-hybridized carbons (Fsp3) is 0.333. The molecular formula is C15H17FN2O3. The van der Waals surface area contributed by atoms with E-state index in [1.54, 1.807) is 19.1 Å². The van der Waals surface area contributed by atoms with Crippen molar-refractivity contribution in [2.75, 3.05) is 0 Å². The predicted molar refractivity (Wildman–Crippen MR) is 75.8 cm³/mol. The lowest BCUT2D eigenvalue weighted by atomic mass is 10.1. The Balaban J connectivity index is 2.12. The number of amides is 1. The summed E-state index contributed by atoms with van der Waals surface area (Å²) in [4.78, 5) is 23.7. The molecule has 6 heteroatoms. The van der Waals surface area contributed by atoms with Gasteiger partial charge in [-0.15, -0.1) is 4.74 Å². The minimum Gasteiger partial charge on any atom is -0.331 e. The zero-order chi connectivity index (χ0) is 15.6. The van der Waals surface area contributed by atoms with Crippen molar-refractivity contribution in [2.45, 2.75) is 33.2 Å². The van der Waals surface area contributed by atoms with Crippen LogP contribution in [0.2, 0.25) is 0 Å². The molecule has 0 bridgehead atoms. The molecule has 1 heterocycles. The lowest BCUT2D eigenvalue weighted by Gasteiger charge is -2.06. The Kier molecular flexibility index (Phi) is 4.26. The van der Waals surface area contributed by atoms with Gasteiger partial charge in [-0.2, -0.15) is 0 Å². The summed E-state index contributed by atoms with van der Waals surface area (Å²) < 4.78 is 18.7. The molecule has 2 rings (SSSR count).